The van der Waals surface area contributed by atoms with Gasteiger partial charge in [0.15, 0.2) is 0 Å². The van der Waals surface area contributed by atoms with Crippen molar-refractivity contribution in [1.82, 2.24) is 5.32 Å². The lowest BCUT2D eigenvalue weighted by atomic mass is 10.2. The minimum Gasteiger partial charge on any atom is -0.304 e. The topological polar surface area (TPSA) is 55.2 Å². The Balaban J connectivity index is 2.74. The zero-order chi connectivity index (χ0) is 13.1. The van der Waals surface area contributed by atoms with Crippen LogP contribution in [0.3, 0.4) is 0 Å². The molecule has 0 aliphatic rings. The van der Waals surface area contributed by atoms with E-state index in [1.54, 1.807) is 0 Å². The van der Waals surface area contributed by atoms with Crippen LogP contribution >= 0.6 is 11.6 Å². The third-order valence-electron chi connectivity index (χ3n) is 1.88. The molecule has 17 heavy (non-hydrogen) atoms. The second-order valence-corrected chi connectivity index (χ2v) is 3.69. The molecule has 0 spiro atoms. The summed E-state index contributed by atoms with van der Waals surface area (Å²) in [5.74, 6) is 0. The number of nitro benzene ring substituents is 1. The number of benzene rings is 1. The molecular weight excluding hydrogens is 261 g/mol. The molecule has 0 amide bonds. The number of hydrogen-bond acceptors (Lipinski definition) is 3. The van der Waals surface area contributed by atoms with Crippen LogP contribution in [0.4, 0.5) is 18.9 Å². The van der Waals surface area contributed by atoms with Crippen molar-refractivity contribution in [1.29, 1.82) is 0 Å². The Morgan fingerprint density at radius 3 is 2.59 bits per heavy atom. The monoisotopic (exact) mass is 268 g/mol. The highest BCUT2D eigenvalue weighted by Crippen LogP contribution is 2.23. The van der Waals surface area contributed by atoms with Gasteiger partial charge in [-0.1, -0.05) is 11.6 Å². The fourth-order valence-electron chi connectivity index (χ4n) is 1.20. The minimum atomic E-state index is -4.35. The molecule has 0 unspecified atom stereocenters. The van der Waals surface area contributed by atoms with E-state index in [-0.39, 0.29) is 22.8 Å². The average molecular weight is 269 g/mol. The smallest absolute Gasteiger partial charge is 0.304 e. The maximum absolute atomic E-state index is 11.9. The van der Waals surface area contributed by atoms with Gasteiger partial charge in [0.2, 0.25) is 0 Å². The first-order valence-corrected chi connectivity index (χ1v) is 4.87. The number of alkyl halides is 3. The van der Waals surface area contributed by atoms with E-state index in [2.05, 4.69) is 5.32 Å². The van der Waals surface area contributed by atoms with Crippen molar-refractivity contribution in [2.45, 2.75) is 12.7 Å². The van der Waals surface area contributed by atoms with Crippen LogP contribution < -0.4 is 5.32 Å². The number of hydrogen-bond donors (Lipinski definition) is 1. The van der Waals surface area contributed by atoms with Crippen molar-refractivity contribution in [3.05, 3.63) is 38.9 Å². The van der Waals surface area contributed by atoms with E-state index in [0.29, 0.717) is 0 Å². The molecular formula is C9H8ClF3N2O2. The Morgan fingerprint density at radius 2 is 2.06 bits per heavy atom. The molecule has 1 aromatic rings. The van der Waals surface area contributed by atoms with Gasteiger partial charge in [0.1, 0.15) is 0 Å². The SMILES string of the molecule is O=[N+]([O-])c1cc(Cl)ccc1CNCC(F)(F)F. The fourth-order valence-corrected chi connectivity index (χ4v) is 1.36. The largest absolute Gasteiger partial charge is 0.401 e. The molecule has 0 fully saturated rings. The summed E-state index contributed by atoms with van der Waals surface area (Å²) in [6.45, 7) is -1.44. The summed E-state index contributed by atoms with van der Waals surface area (Å²) >= 11 is 5.56. The van der Waals surface area contributed by atoms with E-state index in [9.17, 15) is 23.3 Å². The highest BCUT2D eigenvalue weighted by atomic mass is 35.5. The molecule has 94 valence electrons. The molecule has 0 heterocycles. The molecule has 0 aromatic heterocycles. The van der Waals surface area contributed by atoms with Crippen molar-refractivity contribution in [2.75, 3.05) is 6.54 Å². The number of nitrogens with zero attached hydrogens (tertiary/aromatic N) is 1. The molecule has 0 saturated carbocycles. The Hall–Kier alpha value is -1.34. The Labute approximate surface area is 99.5 Å². The second kappa shape index (κ2) is 5.33. The normalized spacial score (nSPS) is 11.5. The van der Waals surface area contributed by atoms with Crippen LogP contribution in [0.1, 0.15) is 5.56 Å². The molecule has 0 aliphatic heterocycles. The van der Waals surface area contributed by atoms with E-state index >= 15 is 0 Å². The van der Waals surface area contributed by atoms with Gasteiger partial charge in [-0.3, -0.25) is 10.1 Å². The standard InChI is InChI=1S/C9H8ClF3N2O2/c10-7-2-1-6(8(3-7)15(16)17)4-14-5-9(11,12)13/h1-3,14H,4-5H2. The second-order valence-electron chi connectivity index (χ2n) is 3.25. The molecule has 0 saturated heterocycles. The van der Waals surface area contributed by atoms with Gasteiger partial charge in [0.25, 0.3) is 5.69 Å². The van der Waals surface area contributed by atoms with Crippen molar-refractivity contribution in [2.24, 2.45) is 0 Å². The zero-order valence-corrected chi connectivity index (χ0v) is 9.18. The summed E-state index contributed by atoms with van der Waals surface area (Å²) in [7, 11) is 0. The molecule has 4 nitrogen and oxygen atoms in total. The van der Waals surface area contributed by atoms with Crippen LogP contribution in [0, 0.1) is 10.1 Å². The fraction of sp³-hybridized carbons (Fsp3) is 0.333. The summed E-state index contributed by atoms with van der Waals surface area (Å²) in [4.78, 5) is 9.95. The van der Waals surface area contributed by atoms with Gasteiger partial charge in [-0.25, -0.2) is 0 Å². The average Bonchev–Trinajstić information content (AvgIpc) is 2.18. The van der Waals surface area contributed by atoms with Crippen LogP contribution in [0.25, 0.3) is 0 Å². The first kappa shape index (κ1) is 13.7. The van der Waals surface area contributed by atoms with E-state index in [1.807, 2.05) is 0 Å². The highest BCUT2D eigenvalue weighted by Gasteiger charge is 2.26. The van der Waals surface area contributed by atoms with Crippen molar-refractivity contribution >= 4 is 17.3 Å². The van der Waals surface area contributed by atoms with E-state index in [1.165, 1.54) is 12.1 Å². The van der Waals surface area contributed by atoms with Crippen LogP contribution in [0.2, 0.25) is 5.02 Å². The maximum Gasteiger partial charge on any atom is 0.401 e. The van der Waals surface area contributed by atoms with Crippen LogP contribution in [0.15, 0.2) is 18.2 Å². The Kier molecular flexibility index (Phi) is 4.30. The third-order valence-corrected chi connectivity index (χ3v) is 2.12. The van der Waals surface area contributed by atoms with Gasteiger partial charge >= 0.3 is 6.18 Å². The molecule has 8 heteroatoms. The van der Waals surface area contributed by atoms with Gasteiger partial charge in [0, 0.05) is 23.2 Å². The summed E-state index contributed by atoms with van der Waals surface area (Å²) in [6, 6.07) is 3.81. The summed E-state index contributed by atoms with van der Waals surface area (Å²) in [5.41, 5.74) is -0.143. The van der Waals surface area contributed by atoms with Gasteiger partial charge in [0.05, 0.1) is 11.5 Å². The molecule has 1 aromatic carbocycles. The van der Waals surface area contributed by atoms with Gasteiger partial charge < -0.3 is 5.32 Å². The van der Waals surface area contributed by atoms with E-state index < -0.39 is 17.6 Å². The first-order valence-electron chi connectivity index (χ1n) is 4.50. The lowest BCUT2D eigenvalue weighted by Gasteiger charge is -2.08. The zero-order valence-electron chi connectivity index (χ0n) is 8.42. The summed E-state index contributed by atoms with van der Waals surface area (Å²) < 4.78 is 35.6. The number of nitro groups is 1. The predicted octanol–water partition coefficient (Wildman–Crippen LogP) is 2.90. The third kappa shape index (κ3) is 4.58. The van der Waals surface area contributed by atoms with Crippen molar-refractivity contribution < 1.29 is 18.1 Å². The number of halogens is 4. The molecule has 1 rings (SSSR count). The van der Waals surface area contributed by atoms with E-state index in [4.69, 9.17) is 11.6 Å². The Bertz CT molecular complexity index is 423. The molecule has 0 atom stereocenters. The van der Waals surface area contributed by atoms with Gasteiger partial charge in [-0.05, 0) is 12.1 Å². The van der Waals surface area contributed by atoms with Gasteiger partial charge in [-0.2, -0.15) is 13.2 Å². The predicted molar refractivity (Wildman–Crippen MR) is 55.9 cm³/mol. The minimum absolute atomic E-state index is 0.156. The molecule has 0 bridgehead atoms. The maximum atomic E-state index is 11.9. The van der Waals surface area contributed by atoms with Crippen LogP contribution in [-0.4, -0.2) is 17.6 Å². The van der Waals surface area contributed by atoms with E-state index in [0.717, 1.165) is 6.07 Å². The lowest BCUT2D eigenvalue weighted by molar-refractivity contribution is -0.385. The molecule has 0 radical (unpaired) electrons. The quantitative estimate of drug-likeness (QED) is 0.675. The van der Waals surface area contributed by atoms with Crippen molar-refractivity contribution in [3.63, 3.8) is 0 Å². The number of nitrogens with one attached hydrogen (secondary N) is 1. The molecule has 1 N–H and O–H groups in total. The highest BCUT2D eigenvalue weighted by molar-refractivity contribution is 6.30. The van der Waals surface area contributed by atoms with Gasteiger partial charge in [-0.15, -0.1) is 0 Å². The number of rotatable bonds is 4. The van der Waals surface area contributed by atoms with Crippen molar-refractivity contribution in [3.8, 4) is 0 Å². The van der Waals surface area contributed by atoms with Crippen LogP contribution in [0.5, 0.6) is 0 Å². The van der Waals surface area contributed by atoms with Crippen LogP contribution in [-0.2, 0) is 6.54 Å². The Morgan fingerprint density at radius 1 is 1.41 bits per heavy atom. The lowest BCUT2D eigenvalue weighted by Crippen LogP contribution is -2.28. The summed E-state index contributed by atoms with van der Waals surface area (Å²) in [6.07, 6.45) is -4.35. The molecule has 0 aliphatic carbocycles. The first-order chi connectivity index (χ1) is 7.79. The summed E-state index contributed by atoms with van der Waals surface area (Å²) in [5, 5.41) is 12.9.